The molecule has 0 radical (unpaired) electrons. The highest BCUT2D eigenvalue weighted by Gasteiger charge is 2.41. The number of amides is 2. The minimum Gasteiger partial charge on any atom is -0.357 e. The Hall–Kier alpha value is -1.92. The number of morpholine rings is 1. The van der Waals surface area contributed by atoms with Gasteiger partial charge in [-0.3, -0.25) is 9.59 Å². The second kappa shape index (κ2) is 6.91. The van der Waals surface area contributed by atoms with Crippen LogP contribution in [-0.4, -0.2) is 67.6 Å². The number of ether oxygens (including phenoxy) is 1. The number of nitrogens with zero attached hydrogens (tertiary/aromatic N) is 2. The molecule has 1 unspecified atom stereocenters. The van der Waals surface area contributed by atoms with Gasteiger partial charge in [0.1, 0.15) is 0 Å². The largest absolute Gasteiger partial charge is 0.357 e. The lowest BCUT2D eigenvalue weighted by Crippen LogP contribution is -2.56. The topological polar surface area (TPSA) is 75.9 Å². The summed E-state index contributed by atoms with van der Waals surface area (Å²) in [5, 5.41) is 0. The average molecular weight is 331 g/mol. The van der Waals surface area contributed by atoms with Crippen molar-refractivity contribution >= 4 is 11.8 Å². The Labute approximate surface area is 142 Å². The molecule has 0 aliphatic carbocycles. The zero-order chi connectivity index (χ0) is 17.2. The van der Waals surface area contributed by atoms with Gasteiger partial charge in [0.05, 0.1) is 6.61 Å². The van der Waals surface area contributed by atoms with E-state index in [4.69, 9.17) is 10.5 Å². The fraction of sp³-hybridized carbons (Fsp3) is 0.556. The summed E-state index contributed by atoms with van der Waals surface area (Å²) in [4.78, 5) is 28.1. The molecule has 2 fully saturated rings. The van der Waals surface area contributed by atoms with E-state index < -0.39 is 6.10 Å². The van der Waals surface area contributed by atoms with E-state index in [1.165, 1.54) is 5.56 Å². The fourth-order valence-electron chi connectivity index (χ4n) is 3.59. The number of likely N-dealkylation sites (tertiary alicyclic amines) is 1. The van der Waals surface area contributed by atoms with Gasteiger partial charge in [-0.25, -0.2) is 0 Å². The third-order valence-corrected chi connectivity index (χ3v) is 5.35. The van der Waals surface area contributed by atoms with E-state index in [2.05, 4.69) is 12.1 Å². The number of piperidine rings is 1. The van der Waals surface area contributed by atoms with Gasteiger partial charge in [-0.15, -0.1) is 0 Å². The second-order valence-electron chi connectivity index (χ2n) is 6.69. The van der Waals surface area contributed by atoms with E-state index in [9.17, 15) is 9.59 Å². The molecule has 2 N–H and O–H groups in total. The van der Waals surface area contributed by atoms with Crippen LogP contribution in [0.1, 0.15) is 18.4 Å². The summed E-state index contributed by atoms with van der Waals surface area (Å²) in [6.07, 6.45) is 0.622. The van der Waals surface area contributed by atoms with E-state index in [0.717, 1.165) is 12.8 Å². The van der Waals surface area contributed by atoms with Crippen molar-refractivity contribution in [3.63, 3.8) is 0 Å². The minimum atomic E-state index is -0.981. The Morgan fingerprint density at radius 3 is 2.54 bits per heavy atom. The van der Waals surface area contributed by atoms with Crippen molar-refractivity contribution < 1.29 is 14.3 Å². The molecule has 0 aromatic heterocycles. The van der Waals surface area contributed by atoms with Crippen molar-refractivity contribution in [2.45, 2.75) is 24.4 Å². The SMILES string of the molecule is CN1CCOC(C(=O)N2CCC(CN)(c3ccccc3)CC2)C1=O. The molecule has 2 amide bonds. The fourth-order valence-corrected chi connectivity index (χ4v) is 3.59. The quantitative estimate of drug-likeness (QED) is 0.812. The van der Waals surface area contributed by atoms with Crippen LogP contribution in [0.15, 0.2) is 30.3 Å². The lowest BCUT2D eigenvalue weighted by Gasteiger charge is -2.42. The van der Waals surface area contributed by atoms with Crippen molar-refractivity contribution in [2.75, 3.05) is 39.8 Å². The van der Waals surface area contributed by atoms with E-state index in [0.29, 0.717) is 32.8 Å². The normalized spacial score (nSPS) is 24.1. The molecular weight excluding hydrogens is 306 g/mol. The van der Waals surface area contributed by atoms with E-state index in [-0.39, 0.29) is 17.2 Å². The van der Waals surface area contributed by atoms with Crippen LogP contribution in [0.4, 0.5) is 0 Å². The van der Waals surface area contributed by atoms with Gasteiger partial charge < -0.3 is 20.3 Å². The van der Waals surface area contributed by atoms with Gasteiger partial charge in [-0.05, 0) is 18.4 Å². The molecule has 130 valence electrons. The third kappa shape index (κ3) is 3.03. The Kier molecular flexibility index (Phi) is 4.87. The summed E-state index contributed by atoms with van der Waals surface area (Å²) in [5.41, 5.74) is 7.22. The number of carbonyl (C=O) groups excluding carboxylic acids is 2. The Balaban J connectivity index is 1.68. The first-order chi connectivity index (χ1) is 11.6. The number of hydrogen-bond acceptors (Lipinski definition) is 4. The standard InChI is InChI=1S/C18H25N3O3/c1-20-11-12-24-15(16(20)22)17(23)21-9-7-18(13-19,8-10-21)14-5-3-2-4-6-14/h2-6,15H,7-13,19H2,1H3. The smallest absolute Gasteiger partial charge is 0.261 e. The summed E-state index contributed by atoms with van der Waals surface area (Å²) >= 11 is 0. The number of likely N-dealkylation sites (N-methyl/N-ethyl adjacent to an activating group) is 1. The Morgan fingerprint density at radius 1 is 1.25 bits per heavy atom. The summed E-state index contributed by atoms with van der Waals surface area (Å²) < 4.78 is 5.43. The molecule has 0 bridgehead atoms. The van der Waals surface area contributed by atoms with Gasteiger partial charge >= 0.3 is 0 Å². The van der Waals surface area contributed by atoms with Crippen LogP contribution >= 0.6 is 0 Å². The molecule has 2 heterocycles. The van der Waals surface area contributed by atoms with E-state index >= 15 is 0 Å². The van der Waals surface area contributed by atoms with Crippen LogP contribution in [0, 0.1) is 0 Å². The molecule has 1 aromatic rings. The number of benzene rings is 1. The maximum absolute atomic E-state index is 12.7. The molecule has 6 heteroatoms. The van der Waals surface area contributed by atoms with Crippen LogP contribution in [0.25, 0.3) is 0 Å². The van der Waals surface area contributed by atoms with Crippen LogP contribution in [0.3, 0.4) is 0 Å². The summed E-state index contributed by atoms with van der Waals surface area (Å²) in [6, 6.07) is 10.2. The van der Waals surface area contributed by atoms with Crippen molar-refractivity contribution in [1.82, 2.24) is 9.80 Å². The van der Waals surface area contributed by atoms with Crippen molar-refractivity contribution in [2.24, 2.45) is 5.73 Å². The zero-order valence-corrected chi connectivity index (χ0v) is 14.1. The highest BCUT2D eigenvalue weighted by molar-refractivity contribution is 6.03. The molecule has 24 heavy (non-hydrogen) atoms. The molecule has 6 nitrogen and oxygen atoms in total. The molecule has 2 saturated heterocycles. The molecule has 2 aliphatic heterocycles. The van der Waals surface area contributed by atoms with Gasteiger partial charge in [-0.2, -0.15) is 0 Å². The first-order valence-corrected chi connectivity index (χ1v) is 8.48. The summed E-state index contributed by atoms with van der Waals surface area (Å²) in [5.74, 6) is -0.463. The number of nitrogens with two attached hydrogens (primary N) is 1. The highest BCUT2D eigenvalue weighted by atomic mass is 16.5. The van der Waals surface area contributed by atoms with Crippen LogP contribution in [-0.2, 0) is 19.7 Å². The Morgan fingerprint density at radius 2 is 1.92 bits per heavy atom. The van der Waals surface area contributed by atoms with Gasteiger partial charge in [0.25, 0.3) is 11.8 Å². The van der Waals surface area contributed by atoms with Crippen LogP contribution in [0.2, 0.25) is 0 Å². The predicted molar refractivity (Wildman–Crippen MR) is 90.4 cm³/mol. The second-order valence-corrected chi connectivity index (χ2v) is 6.69. The maximum atomic E-state index is 12.7. The first kappa shape index (κ1) is 16.9. The first-order valence-electron chi connectivity index (χ1n) is 8.48. The molecular formula is C18H25N3O3. The molecule has 1 atom stereocenters. The summed E-state index contributed by atoms with van der Waals surface area (Å²) in [7, 11) is 1.70. The van der Waals surface area contributed by atoms with Gasteiger partial charge in [-0.1, -0.05) is 30.3 Å². The minimum absolute atomic E-state index is 0.0910. The van der Waals surface area contributed by atoms with Crippen molar-refractivity contribution in [3.05, 3.63) is 35.9 Å². The monoisotopic (exact) mass is 331 g/mol. The molecule has 1 aromatic carbocycles. The highest BCUT2D eigenvalue weighted by Crippen LogP contribution is 2.34. The van der Waals surface area contributed by atoms with Crippen molar-refractivity contribution in [1.29, 1.82) is 0 Å². The molecule has 2 aliphatic rings. The zero-order valence-electron chi connectivity index (χ0n) is 14.1. The van der Waals surface area contributed by atoms with Gasteiger partial charge in [0.15, 0.2) is 0 Å². The number of hydrogen-bond donors (Lipinski definition) is 1. The van der Waals surface area contributed by atoms with E-state index in [1.807, 2.05) is 18.2 Å². The van der Waals surface area contributed by atoms with Crippen molar-refractivity contribution in [3.8, 4) is 0 Å². The van der Waals surface area contributed by atoms with Gasteiger partial charge in [0.2, 0.25) is 6.10 Å². The Bertz CT molecular complexity index is 597. The number of carbonyl (C=O) groups is 2. The molecule has 3 rings (SSSR count). The van der Waals surface area contributed by atoms with Crippen LogP contribution in [0.5, 0.6) is 0 Å². The molecule has 0 saturated carbocycles. The van der Waals surface area contributed by atoms with Gasteiger partial charge in [0, 0.05) is 38.6 Å². The average Bonchev–Trinajstić information content (AvgIpc) is 2.64. The van der Waals surface area contributed by atoms with E-state index in [1.54, 1.807) is 16.8 Å². The number of rotatable bonds is 3. The lowest BCUT2D eigenvalue weighted by molar-refractivity contribution is -0.164. The predicted octanol–water partition coefficient (Wildman–Crippen LogP) is 0.363. The maximum Gasteiger partial charge on any atom is 0.261 e. The third-order valence-electron chi connectivity index (χ3n) is 5.35. The van der Waals surface area contributed by atoms with Crippen LogP contribution < -0.4 is 5.73 Å². The lowest BCUT2D eigenvalue weighted by atomic mass is 9.73. The molecule has 0 spiro atoms. The summed E-state index contributed by atoms with van der Waals surface area (Å²) in [6.45, 7) is 2.69.